The normalized spacial score (nSPS) is 30.1. The molecular weight excluding hydrogens is 492 g/mol. The molecule has 4 aliphatic heterocycles. The molecule has 4 aliphatic rings. The SMILES string of the molecule is Cc1cc([N+](=O)[O-])ccc1N1C(=O)[C@H]2[C@@H](C1=O)[C@@]1(C(=O)Nc3ccc(Br)cc31)N1CCC[C@@H]21. The van der Waals surface area contributed by atoms with E-state index in [1.54, 1.807) is 6.92 Å². The standard InChI is InChI=1S/C23H19BrN4O5/c1-11-9-13(28(32)33)5-7-16(11)27-20(29)18-17-3-2-8-26(17)23(19(18)21(27)30)14-10-12(24)4-6-15(14)25-22(23)31/h4-7,9-10,17-19H,2-3,8H2,1H3,(H,25,31)/t17-,18+,19-,23-/m0/s1. The third-order valence-electron chi connectivity index (χ3n) is 7.59. The topological polar surface area (TPSA) is 113 Å². The lowest BCUT2D eigenvalue weighted by atomic mass is 9.75. The molecule has 168 valence electrons. The van der Waals surface area contributed by atoms with E-state index in [4.69, 9.17) is 0 Å². The molecule has 0 aromatic heterocycles. The van der Waals surface area contributed by atoms with Gasteiger partial charge in [-0.25, -0.2) is 4.90 Å². The minimum atomic E-state index is -1.25. The van der Waals surface area contributed by atoms with Crippen molar-refractivity contribution in [3.63, 3.8) is 0 Å². The van der Waals surface area contributed by atoms with Gasteiger partial charge in [0, 0.05) is 33.9 Å². The highest BCUT2D eigenvalue weighted by molar-refractivity contribution is 9.10. The van der Waals surface area contributed by atoms with Crippen molar-refractivity contribution < 1.29 is 19.3 Å². The van der Waals surface area contributed by atoms with Crippen LogP contribution in [-0.4, -0.2) is 40.1 Å². The van der Waals surface area contributed by atoms with Gasteiger partial charge in [-0.05, 0) is 56.1 Å². The van der Waals surface area contributed by atoms with Gasteiger partial charge in [-0.3, -0.25) is 29.4 Å². The number of nitrogens with zero attached hydrogens (tertiary/aromatic N) is 3. The molecule has 1 spiro atoms. The number of benzene rings is 2. The number of hydrogen-bond donors (Lipinski definition) is 1. The minimum Gasteiger partial charge on any atom is -0.324 e. The molecule has 6 rings (SSSR count). The van der Waals surface area contributed by atoms with Crippen molar-refractivity contribution >= 4 is 50.7 Å². The number of nitro benzene ring substituents is 1. The summed E-state index contributed by atoms with van der Waals surface area (Å²) in [4.78, 5) is 55.2. The van der Waals surface area contributed by atoms with Crippen LogP contribution in [-0.2, 0) is 19.9 Å². The Kier molecular flexibility index (Phi) is 4.16. The van der Waals surface area contributed by atoms with Crippen molar-refractivity contribution in [1.29, 1.82) is 0 Å². The highest BCUT2D eigenvalue weighted by Gasteiger charge is 2.74. The van der Waals surface area contributed by atoms with Crippen LogP contribution < -0.4 is 10.2 Å². The number of carbonyl (C=O) groups is 3. The molecule has 4 atom stereocenters. The molecule has 0 aliphatic carbocycles. The monoisotopic (exact) mass is 510 g/mol. The lowest BCUT2D eigenvalue weighted by Gasteiger charge is -2.36. The van der Waals surface area contributed by atoms with Crippen LogP contribution in [0.5, 0.6) is 0 Å². The Hall–Kier alpha value is -3.11. The number of amides is 3. The third kappa shape index (κ3) is 2.42. The Morgan fingerprint density at radius 2 is 1.94 bits per heavy atom. The molecule has 0 radical (unpaired) electrons. The first-order chi connectivity index (χ1) is 15.8. The van der Waals surface area contributed by atoms with Crippen LogP contribution in [0.4, 0.5) is 17.1 Å². The summed E-state index contributed by atoms with van der Waals surface area (Å²) in [6, 6.07) is 9.39. The first-order valence-electron chi connectivity index (χ1n) is 10.8. The van der Waals surface area contributed by atoms with E-state index < -0.39 is 28.2 Å². The molecule has 3 saturated heterocycles. The zero-order chi connectivity index (χ0) is 23.2. The minimum absolute atomic E-state index is 0.108. The van der Waals surface area contributed by atoms with E-state index in [0.717, 1.165) is 22.2 Å². The zero-order valence-corrected chi connectivity index (χ0v) is 19.2. The molecular formula is C23H19BrN4O5. The van der Waals surface area contributed by atoms with Gasteiger partial charge in [-0.15, -0.1) is 0 Å². The number of carbonyl (C=O) groups excluding carboxylic acids is 3. The van der Waals surface area contributed by atoms with Gasteiger partial charge in [0.15, 0.2) is 0 Å². The molecule has 3 amide bonds. The first-order valence-corrected chi connectivity index (χ1v) is 11.6. The van der Waals surface area contributed by atoms with Crippen molar-refractivity contribution in [2.45, 2.75) is 31.3 Å². The summed E-state index contributed by atoms with van der Waals surface area (Å²) in [5, 5.41) is 14.1. The summed E-state index contributed by atoms with van der Waals surface area (Å²) < 4.78 is 0.788. The number of hydrogen-bond acceptors (Lipinski definition) is 6. The second-order valence-corrected chi connectivity index (χ2v) is 9.97. The van der Waals surface area contributed by atoms with E-state index in [2.05, 4.69) is 26.1 Å². The average Bonchev–Trinajstić information content (AvgIpc) is 3.47. The molecule has 0 bridgehead atoms. The molecule has 1 N–H and O–H groups in total. The van der Waals surface area contributed by atoms with Gasteiger partial charge in [-0.2, -0.15) is 0 Å². The number of non-ortho nitro benzene ring substituents is 1. The van der Waals surface area contributed by atoms with E-state index in [9.17, 15) is 24.5 Å². The Labute approximate surface area is 197 Å². The Morgan fingerprint density at radius 1 is 1.15 bits per heavy atom. The average molecular weight is 511 g/mol. The van der Waals surface area contributed by atoms with Gasteiger partial charge in [0.25, 0.3) is 5.69 Å². The lowest BCUT2D eigenvalue weighted by molar-refractivity contribution is -0.384. The summed E-state index contributed by atoms with van der Waals surface area (Å²) >= 11 is 3.49. The van der Waals surface area contributed by atoms with E-state index in [-0.39, 0.29) is 23.5 Å². The smallest absolute Gasteiger partial charge is 0.269 e. The number of aryl methyl sites for hydroxylation is 1. The molecule has 0 unspecified atom stereocenters. The molecule has 9 nitrogen and oxygen atoms in total. The van der Waals surface area contributed by atoms with Crippen LogP contribution in [0, 0.1) is 28.9 Å². The molecule has 2 aromatic carbocycles. The number of rotatable bonds is 2. The number of imide groups is 1. The van der Waals surface area contributed by atoms with Crippen molar-refractivity contribution in [2.75, 3.05) is 16.8 Å². The van der Waals surface area contributed by atoms with E-state index in [1.807, 2.05) is 18.2 Å². The maximum Gasteiger partial charge on any atom is 0.269 e. The number of nitro groups is 1. The van der Waals surface area contributed by atoms with Crippen LogP contribution in [0.15, 0.2) is 40.9 Å². The van der Waals surface area contributed by atoms with Gasteiger partial charge in [0.05, 0.1) is 22.4 Å². The number of nitrogens with one attached hydrogen (secondary N) is 1. The predicted octanol–water partition coefficient (Wildman–Crippen LogP) is 3.10. The summed E-state index contributed by atoms with van der Waals surface area (Å²) in [7, 11) is 0. The third-order valence-corrected chi connectivity index (χ3v) is 8.08. The van der Waals surface area contributed by atoms with Crippen LogP contribution in [0.25, 0.3) is 0 Å². The number of fused-ring (bicyclic) bond motifs is 7. The summed E-state index contributed by atoms with van der Waals surface area (Å²) in [5.74, 6) is -2.56. The lowest BCUT2D eigenvalue weighted by Crippen LogP contribution is -2.54. The quantitative estimate of drug-likeness (QED) is 0.377. The van der Waals surface area contributed by atoms with E-state index in [0.29, 0.717) is 29.0 Å². The van der Waals surface area contributed by atoms with E-state index >= 15 is 0 Å². The highest BCUT2D eigenvalue weighted by Crippen LogP contribution is 2.61. The van der Waals surface area contributed by atoms with Crippen LogP contribution in [0.3, 0.4) is 0 Å². The second-order valence-electron chi connectivity index (χ2n) is 9.06. The van der Waals surface area contributed by atoms with Gasteiger partial charge in [0.1, 0.15) is 5.54 Å². The summed E-state index contributed by atoms with van der Waals surface area (Å²) in [6.07, 6.45) is 1.57. The molecule has 3 fully saturated rings. The molecule has 33 heavy (non-hydrogen) atoms. The van der Waals surface area contributed by atoms with Crippen molar-refractivity contribution in [3.05, 3.63) is 62.1 Å². The van der Waals surface area contributed by atoms with Crippen molar-refractivity contribution in [1.82, 2.24) is 4.90 Å². The summed E-state index contributed by atoms with van der Waals surface area (Å²) in [5.41, 5.74) is 0.799. The molecule has 4 heterocycles. The number of anilines is 2. The maximum absolute atomic E-state index is 14.0. The number of halogens is 1. The summed E-state index contributed by atoms with van der Waals surface area (Å²) in [6.45, 7) is 2.28. The fraction of sp³-hybridized carbons (Fsp3) is 0.348. The largest absolute Gasteiger partial charge is 0.324 e. The Morgan fingerprint density at radius 3 is 2.67 bits per heavy atom. The second kappa shape index (κ2) is 6.71. The maximum atomic E-state index is 14.0. The van der Waals surface area contributed by atoms with E-state index in [1.165, 1.54) is 18.2 Å². The Bertz CT molecular complexity index is 1300. The van der Waals surface area contributed by atoms with Crippen LogP contribution in [0.2, 0.25) is 0 Å². The van der Waals surface area contributed by atoms with Gasteiger partial charge in [0.2, 0.25) is 17.7 Å². The zero-order valence-electron chi connectivity index (χ0n) is 17.6. The van der Waals surface area contributed by atoms with Crippen molar-refractivity contribution in [3.8, 4) is 0 Å². The Balaban J connectivity index is 1.53. The highest BCUT2D eigenvalue weighted by atomic mass is 79.9. The first kappa shape index (κ1) is 20.5. The van der Waals surface area contributed by atoms with Gasteiger partial charge in [-0.1, -0.05) is 15.9 Å². The van der Waals surface area contributed by atoms with Gasteiger partial charge >= 0.3 is 0 Å². The van der Waals surface area contributed by atoms with Gasteiger partial charge < -0.3 is 5.32 Å². The fourth-order valence-corrected chi connectivity index (χ4v) is 6.78. The van der Waals surface area contributed by atoms with Crippen LogP contribution >= 0.6 is 15.9 Å². The predicted molar refractivity (Wildman–Crippen MR) is 121 cm³/mol. The molecule has 2 aromatic rings. The van der Waals surface area contributed by atoms with Crippen LogP contribution in [0.1, 0.15) is 24.0 Å². The van der Waals surface area contributed by atoms with Crippen molar-refractivity contribution in [2.24, 2.45) is 11.8 Å². The molecule has 0 saturated carbocycles. The molecule has 10 heteroatoms. The fourth-order valence-electron chi connectivity index (χ4n) is 6.42.